The third kappa shape index (κ3) is 6.52. The third-order valence-electron chi connectivity index (χ3n) is 4.85. The number of benzene rings is 3. The van der Waals surface area contributed by atoms with E-state index in [0.717, 1.165) is 21.2 Å². The van der Waals surface area contributed by atoms with Gasteiger partial charge in [0.2, 0.25) is 5.91 Å². The second kappa shape index (κ2) is 11.2. The maximum atomic E-state index is 12.5. The van der Waals surface area contributed by atoms with E-state index in [-0.39, 0.29) is 18.9 Å². The summed E-state index contributed by atoms with van der Waals surface area (Å²) >= 11 is 3.39. The second-order valence-corrected chi connectivity index (χ2v) is 8.00. The Morgan fingerprint density at radius 1 is 0.906 bits per heavy atom. The van der Waals surface area contributed by atoms with Crippen molar-refractivity contribution in [2.24, 2.45) is 0 Å². The molecular formula is C25H23BrN2O4. The minimum Gasteiger partial charge on any atom is -0.469 e. The van der Waals surface area contributed by atoms with Crippen molar-refractivity contribution in [3.05, 3.63) is 94.5 Å². The van der Waals surface area contributed by atoms with Crippen molar-refractivity contribution in [3.8, 4) is 11.1 Å². The van der Waals surface area contributed by atoms with E-state index in [9.17, 15) is 14.4 Å². The summed E-state index contributed by atoms with van der Waals surface area (Å²) in [5, 5.41) is 5.40. The number of hydrogen-bond donors (Lipinski definition) is 2. The lowest BCUT2D eigenvalue weighted by atomic mass is 10.0. The van der Waals surface area contributed by atoms with Gasteiger partial charge in [-0.05, 0) is 41.0 Å². The zero-order chi connectivity index (χ0) is 22.9. The van der Waals surface area contributed by atoms with Crippen LogP contribution in [0.3, 0.4) is 0 Å². The average Bonchev–Trinajstić information content (AvgIpc) is 2.82. The summed E-state index contributed by atoms with van der Waals surface area (Å²) in [5.74, 6) is -1.21. The molecular weight excluding hydrogens is 472 g/mol. The molecule has 0 aliphatic carbocycles. The van der Waals surface area contributed by atoms with E-state index >= 15 is 0 Å². The van der Waals surface area contributed by atoms with Gasteiger partial charge in [-0.2, -0.15) is 0 Å². The highest BCUT2D eigenvalue weighted by Crippen LogP contribution is 2.22. The van der Waals surface area contributed by atoms with Crippen LogP contribution in [0.5, 0.6) is 0 Å². The van der Waals surface area contributed by atoms with Crippen LogP contribution < -0.4 is 10.6 Å². The molecule has 7 heteroatoms. The zero-order valence-corrected chi connectivity index (χ0v) is 19.1. The molecule has 6 nitrogen and oxygen atoms in total. The van der Waals surface area contributed by atoms with E-state index in [1.807, 2.05) is 66.7 Å². The first-order chi connectivity index (χ1) is 15.5. The van der Waals surface area contributed by atoms with Crippen molar-refractivity contribution in [2.75, 3.05) is 13.7 Å². The molecule has 164 valence electrons. The van der Waals surface area contributed by atoms with Crippen molar-refractivity contribution < 1.29 is 19.1 Å². The Labute approximate surface area is 195 Å². The molecule has 0 aromatic heterocycles. The van der Waals surface area contributed by atoms with Crippen molar-refractivity contribution in [1.29, 1.82) is 0 Å². The van der Waals surface area contributed by atoms with Gasteiger partial charge >= 0.3 is 5.97 Å². The summed E-state index contributed by atoms with van der Waals surface area (Å²) < 4.78 is 5.57. The smallest absolute Gasteiger partial charge is 0.307 e. The number of rotatable bonds is 8. The van der Waals surface area contributed by atoms with Gasteiger partial charge in [0.15, 0.2) is 0 Å². The van der Waals surface area contributed by atoms with Crippen LogP contribution in [0, 0.1) is 0 Å². The number of methoxy groups -OCH3 is 1. The Bertz CT molecular complexity index is 1080. The number of carbonyl (C=O) groups excluding carboxylic acids is 3. The topological polar surface area (TPSA) is 84.5 Å². The first kappa shape index (κ1) is 23.2. The predicted molar refractivity (Wildman–Crippen MR) is 126 cm³/mol. The van der Waals surface area contributed by atoms with Gasteiger partial charge in [-0.15, -0.1) is 0 Å². The third-order valence-corrected chi connectivity index (χ3v) is 5.34. The van der Waals surface area contributed by atoms with Crippen molar-refractivity contribution in [3.63, 3.8) is 0 Å². The van der Waals surface area contributed by atoms with Gasteiger partial charge < -0.3 is 15.4 Å². The lowest BCUT2D eigenvalue weighted by Crippen LogP contribution is -2.39. The monoisotopic (exact) mass is 494 g/mol. The van der Waals surface area contributed by atoms with Crippen molar-refractivity contribution in [1.82, 2.24) is 10.6 Å². The molecule has 1 unspecified atom stereocenters. The number of ether oxygens (including phenoxy) is 1. The second-order valence-electron chi connectivity index (χ2n) is 7.08. The molecule has 3 rings (SSSR count). The number of esters is 1. The molecule has 0 bridgehead atoms. The van der Waals surface area contributed by atoms with Gasteiger partial charge in [-0.1, -0.05) is 70.5 Å². The van der Waals surface area contributed by atoms with Crippen LogP contribution in [0.2, 0.25) is 0 Å². The molecule has 0 spiro atoms. The van der Waals surface area contributed by atoms with Gasteiger partial charge in [0, 0.05) is 10.0 Å². The molecule has 1 atom stereocenters. The molecule has 2 N–H and O–H groups in total. The van der Waals surface area contributed by atoms with E-state index in [2.05, 4.69) is 26.6 Å². The molecule has 0 aliphatic heterocycles. The molecule has 32 heavy (non-hydrogen) atoms. The van der Waals surface area contributed by atoms with Crippen LogP contribution >= 0.6 is 15.9 Å². The number of halogens is 1. The summed E-state index contributed by atoms with van der Waals surface area (Å²) in [6.45, 7) is -0.217. The Balaban J connectivity index is 1.59. The summed E-state index contributed by atoms with van der Waals surface area (Å²) in [6, 6.07) is 23.7. The summed E-state index contributed by atoms with van der Waals surface area (Å²) in [4.78, 5) is 36.7. The van der Waals surface area contributed by atoms with Gasteiger partial charge in [0.05, 0.1) is 26.1 Å². The first-order valence-corrected chi connectivity index (χ1v) is 10.8. The quantitative estimate of drug-likeness (QED) is 0.458. The standard InChI is InChI=1S/C25H23BrN2O4/c1-32-24(30)15-22(20-8-5-9-21(26)14-20)28-23(29)16-27-25(31)19-12-10-18(11-13-19)17-6-3-2-4-7-17/h2-14,22H,15-16H2,1H3,(H,27,31)(H,28,29). The maximum Gasteiger partial charge on any atom is 0.307 e. The Hall–Kier alpha value is -3.45. The number of amides is 2. The lowest BCUT2D eigenvalue weighted by molar-refractivity contribution is -0.141. The fourth-order valence-corrected chi connectivity index (χ4v) is 3.60. The van der Waals surface area contributed by atoms with E-state index in [1.165, 1.54) is 7.11 Å². The molecule has 0 aliphatic rings. The molecule has 2 amide bonds. The van der Waals surface area contributed by atoms with E-state index in [1.54, 1.807) is 12.1 Å². The zero-order valence-electron chi connectivity index (χ0n) is 17.5. The predicted octanol–water partition coefficient (Wildman–Crippen LogP) is 4.27. The number of hydrogen-bond acceptors (Lipinski definition) is 4. The largest absolute Gasteiger partial charge is 0.469 e. The fraction of sp³-hybridized carbons (Fsp3) is 0.160. The molecule has 0 heterocycles. The number of nitrogens with one attached hydrogen (secondary N) is 2. The maximum absolute atomic E-state index is 12.5. The minimum atomic E-state index is -0.575. The highest BCUT2D eigenvalue weighted by molar-refractivity contribution is 9.10. The normalized spacial score (nSPS) is 11.3. The lowest BCUT2D eigenvalue weighted by Gasteiger charge is -2.19. The van der Waals surface area contributed by atoms with E-state index < -0.39 is 17.9 Å². The molecule has 3 aromatic carbocycles. The van der Waals surface area contributed by atoms with Crippen molar-refractivity contribution >= 4 is 33.7 Å². The Kier molecular flexibility index (Phi) is 8.16. The van der Waals surface area contributed by atoms with Crippen LogP contribution in [0.1, 0.15) is 28.4 Å². The van der Waals surface area contributed by atoms with Gasteiger partial charge in [0.25, 0.3) is 5.91 Å². The van der Waals surface area contributed by atoms with E-state index in [0.29, 0.717) is 5.56 Å². The van der Waals surface area contributed by atoms with Crippen LogP contribution in [0.15, 0.2) is 83.3 Å². The Morgan fingerprint density at radius 2 is 1.59 bits per heavy atom. The minimum absolute atomic E-state index is 0.0203. The molecule has 3 aromatic rings. The van der Waals surface area contributed by atoms with Gasteiger partial charge in [0.1, 0.15) is 0 Å². The molecule has 0 radical (unpaired) electrons. The summed E-state index contributed by atoms with van der Waals surface area (Å²) in [5.41, 5.74) is 3.26. The van der Waals surface area contributed by atoms with Gasteiger partial charge in [-0.25, -0.2) is 0 Å². The molecule has 0 saturated carbocycles. The SMILES string of the molecule is COC(=O)CC(NC(=O)CNC(=O)c1ccc(-c2ccccc2)cc1)c1cccc(Br)c1. The van der Waals surface area contributed by atoms with E-state index in [4.69, 9.17) is 4.74 Å². The highest BCUT2D eigenvalue weighted by atomic mass is 79.9. The number of carbonyl (C=O) groups is 3. The van der Waals surface area contributed by atoms with Crippen LogP contribution in [0.4, 0.5) is 0 Å². The molecule has 0 saturated heterocycles. The Morgan fingerprint density at radius 3 is 2.25 bits per heavy atom. The summed E-state index contributed by atoms with van der Waals surface area (Å²) in [6.07, 6.45) is -0.0203. The van der Waals surface area contributed by atoms with Crippen LogP contribution in [0.25, 0.3) is 11.1 Å². The van der Waals surface area contributed by atoms with Crippen LogP contribution in [-0.2, 0) is 14.3 Å². The highest BCUT2D eigenvalue weighted by Gasteiger charge is 2.19. The summed E-state index contributed by atoms with van der Waals surface area (Å²) in [7, 11) is 1.30. The first-order valence-electron chi connectivity index (χ1n) is 10.0. The van der Waals surface area contributed by atoms with Gasteiger partial charge in [-0.3, -0.25) is 14.4 Å². The van der Waals surface area contributed by atoms with Crippen LogP contribution in [-0.4, -0.2) is 31.4 Å². The fourth-order valence-electron chi connectivity index (χ4n) is 3.18. The van der Waals surface area contributed by atoms with Crippen molar-refractivity contribution in [2.45, 2.75) is 12.5 Å². The molecule has 0 fully saturated rings. The average molecular weight is 495 g/mol.